The highest BCUT2D eigenvalue weighted by atomic mass is 32.2. The second-order valence-electron chi connectivity index (χ2n) is 3.11. The van der Waals surface area contributed by atoms with E-state index in [4.69, 9.17) is 5.11 Å². The standard InChI is InChI=1S/C11H10N2O2S/c1-16-11-12-7-9(10(14)15)13(11)8-5-3-2-4-6-8/h2-7H,1H3,(H,14,15). The summed E-state index contributed by atoms with van der Waals surface area (Å²) in [6.07, 6.45) is 3.24. The van der Waals surface area contributed by atoms with Gasteiger partial charge in [-0.05, 0) is 18.4 Å². The first-order valence-corrected chi connectivity index (χ1v) is 5.87. The molecule has 0 bridgehead atoms. The summed E-state index contributed by atoms with van der Waals surface area (Å²) < 4.78 is 1.63. The summed E-state index contributed by atoms with van der Waals surface area (Å²) >= 11 is 1.42. The minimum atomic E-state index is -0.975. The minimum Gasteiger partial charge on any atom is -0.477 e. The Morgan fingerprint density at radius 1 is 1.38 bits per heavy atom. The van der Waals surface area contributed by atoms with E-state index in [0.717, 1.165) is 5.69 Å². The van der Waals surface area contributed by atoms with Gasteiger partial charge in [0.1, 0.15) is 0 Å². The average molecular weight is 234 g/mol. The fourth-order valence-corrected chi connectivity index (χ4v) is 2.00. The highest BCUT2D eigenvalue weighted by molar-refractivity contribution is 7.98. The zero-order valence-electron chi connectivity index (χ0n) is 8.62. The van der Waals surface area contributed by atoms with Crippen LogP contribution in [0.2, 0.25) is 0 Å². The first kappa shape index (κ1) is 10.8. The van der Waals surface area contributed by atoms with E-state index in [1.165, 1.54) is 18.0 Å². The van der Waals surface area contributed by atoms with Crippen molar-refractivity contribution < 1.29 is 9.90 Å². The Kier molecular flexibility index (Phi) is 2.96. The molecule has 0 saturated carbocycles. The van der Waals surface area contributed by atoms with Crippen LogP contribution in [-0.2, 0) is 0 Å². The van der Waals surface area contributed by atoms with Gasteiger partial charge in [-0.2, -0.15) is 0 Å². The van der Waals surface area contributed by atoms with E-state index in [2.05, 4.69) is 4.98 Å². The number of rotatable bonds is 3. The summed E-state index contributed by atoms with van der Waals surface area (Å²) in [5, 5.41) is 9.74. The lowest BCUT2D eigenvalue weighted by atomic mass is 10.3. The number of thioether (sulfide) groups is 1. The van der Waals surface area contributed by atoms with Crippen molar-refractivity contribution in [3.63, 3.8) is 0 Å². The first-order chi connectivity index (χ1) is 7.74. The zero-order chi connectivity index (χ0) is 11.5. The van der Waals surface area contributed by atoms with Crippen LogP contribution in [0.5, 0.6) is 0 Å². The van der Waals surface area contributed by atoms with E-state index >= 15 is 0 Å². The Morgan fingerprint density at radius 2 is 2.06 bits per heavy atom. The number of para-hydroxylation sites is 1. The SMILES string of the molecule is CSc1ncc(C(=O)O)n1-c1ccccc1. The molecule has 0 atom stereocenters. The van der Waals surface area contributed by atoms with Gasteiger partial charge < -0.3 is 5.11 Å². The van der Waals surface area contributed by atoms with E-state index in [9.17, 15) is 4.79 Å². The number of carbonyl (C=O) groups is 1. The molecular weight excluding hydrogens is 224 g/mol. The van der Waals surface area contributed by atoms with Gasteiger partial charge in [0.2, 0.25) is 0 Å². The molecule has 0 unspecified atom stereocenters. The number of carboxylic acid groups (broad SMARTS) is 1. The van der Waals surface area contributed by atoms with Crippen LogP contribution in [0.1, 0.15) is 10.5 Å². The van der Waals surface area contributed by atoms with Crippen molar-refractivity contribution in [3.8, 4) is 5.69 Å². The van der Waals surface area contributed by atoms with E-state index in [1.807, 2.05) is 36.6 Å². The lowest BCUT2D eigenvalue weighted by molar-refractivity contribution is 0.0687. The Balaban J connectivity index is 2.62. The van der Waals surface area contributed by atoms with Crippen molar-refractivity contribution in [3.05, 3.63) is 42.2 Å². The van der Waals surface area contributed by atoms with E-state index < -0.39 is 5.97 Å². The molecule has 82 valence electrons. The molecule has 1 N–H and O–H groups in total. The van der Waals surface area contributed by atoms with Gasteiger partial charge in [0.25, 0.3) is 0 Å². The molecule has 0 amide bonds. The fraction of sp³-hybridized carbons (Fsp3) is 0.0909. The van der Waals surface area contributed by atoms with Gasteiger partial charge in [-0.15, -0.1) is 0 Å². The number of hydrogen-bond acceptors (Lipinski definition) is 3. The molecule has 0 saturated heterocycles. The van der Waals surface area contributed by atoms with Crippen LogP contribution < -0.4 is 0 Å². The van der Waals surface area contributed by atoms with Crippen LogP contribution in [0.15, 0.2) is 41.7 Å². The number of nitrogens with zero attached hydrogens (tertiary/aromatic N) is 2. The molecule has 0 fully saturated rings. The number of carboxylic acids is 1. The molecule has 1 aromatic carbocycles. The molecule has 0 aliphatic rings. The predicted octanol–water partition coefficient (Wildman–Crippen LogP) is 2.29. The first-order valence-electron chi connectivity index (χ1n) is 4.64. The summed E-state index contributed by atoms with van der Waals surface area (Å²) in [5.74, 6) is -0.975. The van der Waals surface area contributed by atoms with E-state index in [0.29, 0.717) is 5.16 Å². The number of hydrogen-bond donors (Lipinski definition) is 1. The van der Waals surface area contributed by atoms with Crippen LogP contribution in [0.3, 0.4) is 0 Å². The van der Waals surface area contributed by atoms with Gasteiger partial charge in [0.15, 0.2) is 10.9 Å². The van der Waals surface area contributed by atoms with Crippen LogP contribution in [0.4, 0.5) is 0 Å². The molecule has 0 spiro atoms. The van der Waals surface area contributed by atoms with Gasteiger partial charge in [0, 0.05) is 5.69 Å². The lowest BCUT2D eigenvalue weighted by Gasteiger charge is -2.07. The molecule has 2 rings (SSSR count). The zero-order valence-corrected chi connectivity index (χ0v) is 9.44. The van der Waals surface area contributed by atoms with Gasteiger partial charge in [0.05, 0.1) is 6.20 Å². The number of aromatic nitrogens is 2. The highest BCUT2D eigenvalue weighted by Gasteiger charge is 2.15. The molecule has 16 heavy (non-hydrogen) atoms. The predicted molar refractivity (Wildman–Crippen MR) is 62.3 cm³/mol. The summed E-state index contributed by atoms with van der Waals surface area (Å²) in [7, 11) is 0. The maximum absolute atomic E-state index is 11.1. The number of aromatic carboxylic acids is 1. The smallest absolute Gasteiger partial charge is 0.354 e. The third-order valence-electron chi connectivity index (χ3n) is 2.15. The van der Waals surface area contributed by atoms with Crippen molar-refractivity contribution >= 4 is 17.7 Å². The quantitative estimate of drug-likeness (QED) is 0.828. The highest BCUT2D eigenvalue weighted by Crippen LogP contribution is 2.21. The second-order valence-corrected chi connectivity index (χ2v) is 3.88. The summed E-state index contributed by atoms with van der Waals surface area (Å²) in [4.78, 5) is 15.1. The molecule has 0 radical (unpaired) electrons. The molecule has 0 aliphatic heterocycles. The normalized spacial score (nSPS) is 10.3. The second kappa shape index (κ2) is 4.40. The van der Waals surface area contributed by atoms with Crippen molar-refractivity contribution in [2.24, 2.45) is 0 Å². The summed E-state index contributed by atoms with van der Waals surface area (Å²) in [6, 6.07) is 9.33. The average Bonchev–Trinajstić information content (AvgIpc) is 2.73. The van der Waals surface area contributed by atoms with Crippen molar-refractivity contribution in [1.29, 1.82) is 0 Å². The largest absolute Gasteiger partial charge is 0.477 e. The monoisotopic (exact) mass is 234 g/mol. The van der Waals surface area contributed by atoms with Crippen molar-refractivity contribution in [2.75, 3.05) is 6.26 Å². The number of benzene rings is 1. The van der Waals surface area contributed by atoms with Gasteiger partial charge >= 0.3 is 5.97 Å². The van der Waals surface area contributed by atoms with Crippen molar-refractivity contribution in [2.45, 2.75) is 5.16 Å². The minimum absolute atomic E-state index is 0.176. The molecule has 4 nitrogen and oxygen atoms in total. The summed E-state index contributed by atoms with van der Waals surface area (Å²) in [6.45, 7) is 0. The van der Waals surface area contributed by atoms with Crippen LogP contribution in [0, 0.1) is 0 Å². The molecule has 1 heterocycles. The number of imidazole rings is 1. The molecule has 5 heteroatoms. The maximum atomic E-state index is 11.1. The molecule has 1 aromatic heterocycles. The fourth-order valence-electron chi connectivity index (χ4n) is 1.46. The Bertz CT molecular complexity index is 508. The lowest BCUT2D eigenvalue weighted by Crippen LogP contribution is -2.07. The van der Waals surface area contributed by atoms with Crippen molar-refractivity contribution in [1.82, 2.24) is 9.55 Å². The molecular formula is C11H10N2O2S. The van der Waals surface area contributed by atoms with Gasteiger partial charge in [-0.3, -0.25) is 4.57 Å². The van der Waals surface area contributed by atoms with Gasteiger partial charge in [-0.1, -0.05) is 30.0 Å². The third-order valence-corrected chi connectivity index (χ3v) is 2.80. The van der Waals surface area contributed by atoms with Crippen LogP contribution in [0.25, 0.3) is 5.69 Å². The topological polar surface area (TPSA) is 55.1 Å². The van der Waals surface area contributed by atoms with Gasteiger partial charge in [-0.25, -0.2) is 9.78 Å². The Morgan fingerprint density at radius 3 is 2.62 bits per heavy atom. The Labute approximate surface area is 96.9 Å². The van der Waals surface area contributed by atoms with Crippen LogP contribution in [-0.4, -0.2) is 26.9 Å². The molecule has 0 aliphatic carbocycles. The maximum Gasteiger partial charge on any atom is 0.354 e. The van der Waals surface area contributed by atoms with Crippen LogP contribution >= 0.6 is 11.8 Å². The van der Waals surface area contributed by atoms with E-state index in [-0.39, 0.29) is 5.69 Å². The Hall–Kier alpha value is -1.75. The third kappa shape index (κ3) is 1.81. The molecule has 2 aromatic rings. The van der Waals surface area contributed by atoms with E-state index in [1.54, 1.807) is 4.57 Å². The summed E-state index contributed by atoms with van der Waals surface area (Å²) in [5.41, 5.74) is 0.984.